The monoisotopic (exact) mass is 471 g/mol. The molecule has 0 aromatic carbocycles. The Morgan fingerprint density at radius 3 is 2.59 bits per heavy atom. The molecule has 32 heavy (non-hydrogen) atoms. The second-order valence-corrected chi connectivity index (χ2v) is 8.36. The number of nitrogens with zero attached hydrogens (tertiary/aromatic N) is 4. The van der Waals surface area contributed by atoms with Crippen molar-refractivity contribution in [3.05, 3.63) is 33.8 Å². The highest BCUT2D eigenvalue weighted by Crippen LogP contribution is 2.46. The Balaban J connectivity index is 1.69. The van der Waals surface area contributed by atoms with Gasteiger partial charge < -0.3 is 9.84 Å². The van der Waals surface area contributed by atoms with E-state index in [-0.39, 0.29) is 33.6 Å². The zero-order valence-electron chi connectivity index (χ0n) is 16.5. The van der Waals surface area contributed by atoms with Gasteiger partial charge in [0, 0.05) is 24.7 Å². The lowest BCUT2D eigenvalue weighted by Gasteiger charge is -2.17. The van der Waals surface area contributed by atoms with E-state index in [2.05, 4.69) is 15.6 Å². The first kappa shape index (κ1) is 21.9. The van der Waals surface area contributed by atoms with Gasteiger partial charge in [0.1, 0.15) is 22.3 Å². The Labute approximate surface area is 181 Å². The molecule has 0 aliphatic heterocycles. The summed E-state index contributed by atoms with van der Waals surface area (Å²) in [5.74, 6) is -5.41. The topological polar surface area (TPSA) is 96.7 Å². The number of thiophene rings is 1. The van der Waals surface area contributed by atoms with Crippen LogP contribution in [0.4, 0.5) is 22.0 Å². The lowest BCUT2D eigenvalue weighted by atomic mass is 10.1. The quantitative estimate of drug-likeness (QED) is 0.552. The van der Waals surface area contributed by atoms with Gasteiger partial charge in [-0.05, 0) is 25.8 Å². The fourth-order valence-electron chi connectivity index (χ4n) is 3.18. The third-order valence-corrected chi connectivity index (χ3v) is 5.98. The number of aryl methyl sites for hydroxylation is 1. The number of nitriles is 1. The van der Waals surface area contributed by atoms with Crippen molar-refractivity contribution in [1.82, 2.24) is 20.3 Å². The summed E-state index contributed by atoms with van der Waals surface area (Å²) in [7, 11) is 1.21. The van der Waals surface area contributed by atoms with Gasteiger partial charge in [0.15, 0.2) is 5.76 Å². The second-order valence-electron chi connectivity index (χ2n) is 7.31. The van der Waals surface area contributed by atoms with E-state index in [1.54, 1.807) is 0 Å². The first-order valence-corrected chi connectivity index (χ1v) is 10.1. The predicted octanol–water partition coefficient (Wildman–Crippen LogP) is 4.53. The van der Waals surface area contributed by atoms with Crippen molar-refractivity contribution in [1.29, 1.82) is 5.26 Å². The molecule has 3 aromatic rings. The number of rotatable bonds is 5. The number of amides is 1. The van der Waals surface area contributed by atoms with Gasteiger partial charge in [0.25, 0.3) is 5.91 Å². The predicted molar refractivity (Wildman–Crippen MR) is 102 cm³/mol. The molecule has 4 rings (SSSR count). The zero-order chi connectivity index (χ0) is 23.4. The van der Waals surface area contributed by atoms with E-state index in [4.69, 9.17) is 4.52 Å². The fraction of sp³-hybridized carbons (Fsp3) is 0.368. The van der Waals surface area contributed by atoms with Gasteiger partial charge in [0.2, 0.25) is 0 Å². The summed E-state index contributed by atoms with van der Waals surface area (Å²) in [5.41, 5.74) is -1.76. The van der Waals surface area contributed by atoms with Crippen molar-refractivity contribution in [3.8, 4) is 28.1 Å². The number of hydrogen-bond acceptors (Lipinski definition) is 6. The average molecular weight is 471 g/mol. The molecule has 0 saturated heterocycles. The van der Waals surface area contributed by atoms with Crippen LogP contribution in [-0.4, -0.2) is 33.1 Å². The maximum atomic E-state index is 13.8. The van der Waals surface area contributed by atoms with Crippen LogP contribution in [0.5, 0.6) is 0 Å². The molecule has 13 heteroatoms. The molecule has 0 bridgehead atoms. The van der Waals surface area contributed by atoms with Crippen LogP contribution in [0.2, 0.25) is 0 Å². The summed E-state index contributed by atoms with van der Waals surface area (Å²) in [6.07, 6.45) is -4.06. The largest absolute Gasteiger partial charge is 0.459 e. The van der Waals surface area contributed by atoms with Gasteiger partial charge in [-0.25, -0.2) is 0 Å². The van der Waals surface area contributed by atoms with Crippen molar-refractivity contribution in [2.24, 2.45) is 7.05 Å². The molecule has 1 fully saturated rings. The van der Waals surface area contributed by atoms with Crippen LogP contribution in [-0.2, 0) is 13.0 Å². The molecule has 0 atom stereocenters. The summed E-state index contributed by atoms with van der Waals surface area (Å²) in [6.45, 7) is 1.09. The fourth-order valence-corrected chi connectivity index (χ4v) is 4.08. The van der Waals surface area contributed by atoms with Crippen LogP contribution >= 0.6 is 11.3 Å². The lowest BCUT2D eigenvalue weighted by Crippen LogP contribution is -2.34. The Morgan fingerprint density at radius 2 is 2.00 bits per heavy atom. The molecule has 168 valence electrons. The standard InChI is InChI=1S/C19H14F5N5O2S/c1-8-15(29(2)27-16(8)18(20,21)19(22,23)24)11-6-12(31-28-11)13-5-10(14(7-25)32-13)17(30)26-9-3-4-9/h5-6,9H,3-4H2,1-2H3,(H,26,30). The average Bonchev–Trinajstić information content (AvgIpc) is 3.12. The molecular formula is C19H14F5N5O2S. The summed E-state index contributed by atoms with van der Waals surface area (Å²) in [4.78, 5) is 12.9. The molecule has 3 heterocycles. The van der Waals surface area contributed by atoms with E-state index in [1.165, 1.54) is 19.2 Å². The van der Waals surface area contributed by atoms with Gasteiger partial charge in [-0.3, -0.25) is 9.48 Å². The highest BCUT2D eigenvalue weighted by atomic mass is 32.1. The maximum Gasteiger partial charge on any atom is 0.459 e. The minimum Gasteiger partial charge on any atom is -0.355 e. The van der Waals surface area contributed by atoms with Crippen LogP contribution in [0.15, 0.2) is 16.7 Å². The van der Waals surface area contributed by atoms with Crippen molar-refractivity contribution in [2.75, 3.05) is 0 Å². The van der Waals surface area contributed by atoms with Crippen LogP contribution in [0.25, 0.3) is 22.0 Å². The van der Waals surface area contributed by atoms with Crippen molar-refractivity contribution < 1.29 is 31.3 Å². The third-order valence-electron chi connectivity index (χ3n) is 4.92. The summed E-state index contributed by atoms with van der Waals surface area (Å²) in [5, 5.41) is 19.3. The number of alkyl halides is 5. The van der Waals surface area contributed by atoms with Crippen LogP contribution in [0.3, 0.4) is 0 Å². The van der Waals surface area contributed by atoms with E-state index in [0.29, 0.717) is 4.88 Å². The Kier molecular flexibility index (Phi) is 5.08. The van der Waals surface area contributed by atoms with Gasteiger partial charge in [-0.1, -0.05) is 5.16 Å². The molecule has 1 aliphatic rings. The molecule has 1 amide bonds. The van der Waals surface area contributed by atoms with Crippen LogP contribution in [0.1, 0.15) is 39.3 Å². The van der Waals surface area contributed by atoms with Gasteiger partial charge in [-0.2, -0.15) is 32.3 Å². The molecule has 3 aromatic heterocycles. The minimum absolute atomic E-state index is 0.0207. The van der Waals surface area contributed by atoms with Crippen molar-refractivity contribution in [3.63, 3.8) is 0 Å². The molecule has 0 radical (unpaired) electrons. The molecular weight excluding hydrogens is 457 g/mol. The number of aromatic nitrogens is 3. The molecule has 1 aliphatic carbocycles. The number of halogens is 5. The molecule has 0 spiro atoms. The van der Waals surface area contributed by atoms with Gasteiger partial charge in [-0.15, -0.1) is 11.3 Å². The third kappa shape index (κ3) is 3.64. The van der Waals surface area contributed by atoms with E-state index in [0.717, 1.165) is 35.8 Å². The molecule has 7 nitrogen and oxygen atoms in total. The second kappa shape index (κ2) is 7.40. The number of carbonyl (C=O) groups is 1. The van der Waals surface area contributed by atoms with E-state index < -0.39 is 29.3 Å². The summed E-state index contributed by atoms with van der Waals surface area (Å²) < 4.78 is 72.2. The zero-order valence-corrected chi connectivity index (χ0v) is 17.4. The van der Waals surface area contributed by atoms with E-state index in [9.17, 15) is 32.0 Å². The van der Waals surface area contributed by atoms with Crippen LogP contribution in [0, 0.1) is 18.3 Å². The first-order valence-electron chi connectivity index (χ1n) is 9.25. The number of nitrogens with one attached hydrogen (secondary N) is 1. The van der Waals surface area contributed by atoms with E-state index >= 15 is 0 Å². The summed E-state index contributed by atoms with van der Waals surface area (Å²) in [6, 6.07) is 4.81. The Hall–Kier alpha value is -3.27. The maximum absolute atomic E-state index is 13.8. The number of hydrogen-bond donors (Lipinski definition) is 1. The van der Waals surface area contributed by atoms with Gasteiger partial charge in [0.05, 0.1) is 16.1 Å². The molecule has 0 unspecified atom stereocenters. The number of carbonyl (C=O) groups excluding carboxylic acids is 1. The van der Waals surface area contributed by atoms with Crippen LogP contribution < -0.4 is 5.32 Å². The minimum atomic E-state index is -5.81. The SMILES string of the molecule is Cc1c(C(F)(F)C(F)(F)F)nn(C)c1-c1cc(-c2cc(C(=O)NC3CC3)c(C#N)s2)on1. The molecule has 1 N–H and O–H groups in total. The summed E-state index contributed by atoms with van der Waals surface area (Å²) >= 11 is 0.971. The first-order chi connectivity index (χ1) is 14.9. The van der Waals surface area contributed by atoms with Crippen molar-refractivity contribution in [2.45, 2.75) is 37.9 Å². The van der Waals surface area contributed by atoms with Crippen molar-refractivity contribution >= 4 is 17.2 Å². The highest BCUT2D eigenvalue weighted by Gasteiger charge is 2.61. The van der Waals surface area contributed by atoms with Gasteiger partial charge >= 0.3 is 12.1 Å². The lowest BCUT2D eigenvalue weighted by molar-refractivity contribution is -0.291. The highest BCUT2D eigenvalue weighted by molar-refractivity contribution is 7.16. The van der Waals surface area contributed by atoms with E-state index in [1.807, 2.05) is 6.07 Å². The Morgan fingerprint density at radius 1 is 1.31 bits per heavy atom. The normalized spacial score (nSPS) is 14.4. The Bertz CT molecular complexity index is 1250. The molecule has 1 saturated carbocycles. The smallest absolute Gasteiger partial charge is 0.355 e.